The molecule has 1 aliphatic heterocycles. The molecule has 1 atom stereocenters. The minimum absolute atomic E-state index is 0.336. The summed E-state index contributed by atoms with van der Waals surface area (Å²) in [5.74, 6) is -0.963. The normalized spacial score (nSPS) is 29.4. The Morgan fingerprint density at radius 3 is 2.85 bits per heavy atom. The molecular formula is C8H15FN2O2. The van der Waals surface area contributed by atoms with Gasteiger partial charge in [-0.1, -0.05) is 0 Å². The van der Waals surface area contributed by atoms with Crippen LogP contribution >= 0.6 is 0 Å². The van der Waals surface area contributed by atoms with Gasteiger partial charge in [0.25, 0.3) is 0 Å². The van der Waals surface area contributed by atoms with Crippen molar-refractivity contribution in [2.75, 3.05) is 26.3 Å². The molecule has 0 bridgehead atoms. The third kappa shape index (κ3) is 2.38. The molecule has 3 N–H and O–H groups in total. The van der Waals surface area contributed by atoms with E-state index in [0.717, 1.165) is 0 Å². The zero-order valence-electron chi connectivity index (χ0n) is 7.50. The van der Waals surface area contributed by atoms with E-state index in [4.69, 9.17) is 10.8 Å². The fraction of sp³-hybridized carbons (Fsp3) is 0.875. The highest BCUT2D eigenvalue weighted by molar-refractivity contribution is 5.79. The van der Waals surface area contributed by atoms with Crippen LogP contribution in [-0.2, 0) is 4.79 Å². The fourth-order valence-corrected chi connectivity index (χ4v) is 1.56. The molecule has 76 valence electrons. The third-order valence-corrected chi connectivity index (χ3v) is 2.41. The maximum Gasteiger partial charge on any atom is 0.325 e. The molecule has 0 amide bonds. The molecule has 0 aromatic rings. The Labute approximate surface area is 76.5 Å². The Balaban J connectivity index is 2.39. The minimum atomic E-state index is -1.11. The fourth-order valence-electron chi connectivity index (χ4n) is 1.56. The average Bonchev–Trinajstić information content (AvgIpc) is 2.45. The van der Waals surface area contributed by atoms with Gasteiger partial charge in [0, 0.05) is 19.6 Å². The number of rotatable bonds is 4. The van der Waals surface area contributed by atoms with Crippen LogP contribution in [0.2, 0.25) is 0 Å². The van der Waals surface area contributed by atoms with Gasteiger partial charge in [-0.2, -0.15) is 0 Å². The lowest BCUT2D eigenvalue weighted by molar-refractivity contribution is -0.142. The number of aliphatic carboxylic acids is 1. The lowest BCUT2D eigenvalue weighted by Crippen LogP contribution is -2.50. The van der Waals surface area contributed by atoms with Crippen molar-refractivity contribution < 1.29 is 14.3 Å². The highest BCUT2D eigenvalue weighted by Gasteiger charge is 2.40. The topological polar surface area (TPSA) is 66.6 Å². The Kier molecular flexibility index (Phi) is 3.22. The van der Waals surface area contributed by atoms with E-state index in [1.54, 1.807) is 0 Å². The van der Waals surface area contributed by atoms with Crippen LogP contribution in [0.5, 0.6) is 0 Å². The van der Waals surface area contributed by atoms with E-state index in [1.807, 2.05) is 4.90 Å². The molecule has 0 spiro atoms. The van der Waals surface area contributed by atoms with Gasteiger partial charge < -0.3 is 15.7 Å². The van der Waals surface area contributed by atoms with Crippen LogP contribution in [0.1, 0.15) is 12.8 Å². The number of likely N-dealkylation sites (tertiary alicyclic amines) is 1. The largest absolute Gasteiger partial charge is 0.480 e. The first-order valence-corrected chi connectivity index (χ1v) is 4.39. The molecule has 1 aliphatic rings. The summed E-state index contributed by atoms with van der Waals surface area (Å²) in [6.45, 7) is 1.23. The second-order valence-corrected chi connectivity index (χ2v) is 3.53. The molecule has 5 heteroatoms. The van der Waals surface area contributed by atoms with Crippen LogP contribution in [0.4, 0.5) is 4.39 Å². The van der Waals surface area contributed by atoms with Crippen molar-refractivity contribution in [3.05, 3.63) is 0 Å². The van der Waals surface area contributed by atoms with Crippen LogP contribution in [0.3, 0.4) is 0 Å². The summed E-state index contributed by atoms with van der Waals surface area (Å²) in [5.41, 5.74) is 4.51. The van der Waals surface area contributed by atoms with Crippen LogP contribution in [-0.4, -0.2) is 47.8 Å². The van der Waals surface area contributed by atoms with Gasteiger partial charge in [-0.3, -0.25) is 9.18 Å². The summed E-state index contributed by atoms with van der Waals surface area (Å²) in [6, 6.07) is 0. The summed E-state index contributed by atoms with van der Waals surface area (Å²) in [4.78, 5) is 12.6. The van der Waals surface area contributed by atoms with Crippen molar-refractivity contribution in [2.24, 2.45) is 5.73 Å². The molecule has 1 saturated heterocycles. The Morgan fingerprint density at radius 2 is 2.38 bits per heavy atom. The second kappa shape index (κ2) is 4.02. The van der Waals surface area contributed by atoms with Gasteiger partial charge in [0.05, 0.1) is 6.67 Å². The zero-order chi connectivity index (χ0) is 9.90. The Morgan fingerprint density at radius 1 is 1.69 bits per heavy atom. The third-order valence-electron chi connectivity index (χ3n) is 2.41. The maximum absolute atomic E-state index is 11.8. The number of halogens is 1. The predicted molar refractivity (Wildman–Crippen MR) is 46.2 cm³/mol. The number of nitrogens with two attached hydrogens (primary N) is 1. The van der Waals surface area contributed by atoms with Crippen molar-refractivity contribution in [1.29, 1.82) is 0 Å². The number of carboxylic acid groups (broad SMARTS) is 1. The zero-order valence-corrected chi connectivity index (χ0v) is 7.50. The first kappa shape index (κ1) is 10.4. The summed E-state index contributed by atoms with van der Waals surface area (Å²) in [6.07, 6.45) is 0.907. The molecule has 0 aromatic carbocycles. The molecule has 0 saturated carbocycles. The molecule has 1 unspecified atom stereocenters. The number of carbonyl (C=O) groups is 1. The van der Waals surface area contributed by atoms with Gasteiger partial charge in [0.2, 0.25) is 0 Å². The van der Waals surface area contributed by atoms with Crippen LogP contribution in [0.25, 0.3) is 0 Å². The van der Waals surface area contributed by atoms with Gasteiger partial charge in [0.15, 0.2) is 0 Å². The van der Waals surface area contributed by atoms with E-state index in [0.29, 0.717) is 32.5 Å². The molecule has 0 aromatic heterocycles. The number of alkyl halides is 1. The highest BCUT2D eigenvalue weighted by Crippen LogP contribution is 2.18. The summed E-state index contributed by atoms with van der Waals surface area (Å²) in [7, 11) is 0. The van der Waals surface area contributed by atoms with E-state index in [-0.39, 0.29) is 6.67 Å². The smallest absolute Gasteiger partial charge is 0.325 e. The average molecular weight is 190 g/mol. The number of hydrogen-bond acceptors (Lipinski definition) is 3. The first-order chi connectivity index (χ1) is 6.08. The Bertz CT molecular complexity index is 201. The van der Waals surface area contributed by atoms with Gasteiger partial charge >= 0.3 is 5.97 Å². The molecule has 1 rings (SSSR count). The van der Waals surface area contributed by atoms with E-state index in [2.05, 4.69) is 0 Å². The lowest BCUT2D eigenvalue weighted by Gasteiger charge is -2.19. The van der Waals surface area contributed by atoms with Gasteiger partial charge in [-0.05, 0) is 12.8 Å². The lowest BCUT2D eigenvalue weighted by atomic mass is 10.0. The molecule has 1 fully saturated rings. The molecule has 0 radical (unpaired) electrons. The number of carboxylic acids is 1. The molecule has 13 heavy (non-hydrogen) atoms. The van der Waals surface area contributed by atoms with Gasteiger partial charge in [-0.15, -0.1) is 0 Å². The van der Waals surface area contributed by atoms with Crippen molar-refractivity contribution >= 4 is 5.97 Å². The highest BCUT2D eigenvalue weighted by atomic mass is 19.1. The molecule has 1 heterocycles. The van der Waals surface area contributed by atoms with Crippen molar-refractivity contribution in [3.63, 3.8) is 0 Å². The quantitative estimate of drug-likeness (QED) is 0.646. The van der Waals surface area contributed by atoms with E-state index in [9.17, 15) is 9.18 Å². The van der Waals surface area contributed by atoms with E-state index in [1.165, 1.54) is 0 Å². The first-order valence-electron chi connectivity index (χ1n) is 4.39. The molecular weight excluding hydrogens is 175 g/mol. The van der Waals surface area contributed by atoms with E-state index >= 15 is 0 Å². The maximum atomic E-state index is 11.8. The number of hydrogen-bond donors (Lipinski definition) is 2. The summed E-state index contributed by atoms with van der Waals surface area (Å²) in [5, 5.41) is 8.79. The standard InChI is InChI=1S/C8H15FN2O2/c9-3-1-4-11-5-2-8(10,6-11)7(12)13/h1-6,10H2,(H,12,13). The van der Waals surface area contributed by atoms with Gasteiger partial charge in [0.1, 0.15) is 5.54 Å². The summed E-state index contributed by atoms with van der Waals surface area (Å²) < 4.78 is 11.8. The minimum Gasteiger partial charge on any atom is -0.480 e. The molecule has 0 aliphatic carbocycles. The van der Waals surface area contributed by atoms with Crippen molar-refractivity contribution in [2.45, 2.75) is 18.4 Å². The summed E-state index contributed by atoms with van der Waals surface area (Å²) >= 11 is 0. The Hall–Kier alpha value is -0.680. The SMILES string of the molecule is NC1(C(=O)O)CCN(CCCF)C1. The number of nitrogens with zero attached hydrogens (tertiary/aromatic N) is 1. The predicted octanol–water partition coefficient (Wildman–Crippen LogP) is -0.166. The van der Waals surface area contributed by atoms with Crippen LogP contribution in [0, 0.1) is 0 Å². The van der Waals surface area contributed by atoms with Crippen LogP contribution in [0.15, 0.2) is 0 Å². The van der Waals surface area contributed by atoms with E-state index < -0.39 is 11.5 Å². The second-order valence-electron chi connectivity index (χ2n) is 3.53. The van der Waals surface area contributed by atoms with Crippen molar-refractivity contribution in [1.82, 2.24) is 4.90 Å². The monoisotopic (exact) mass is 190 g/mol. The van der Waals surface area contributed by atoms with Crippen LogP contribution < -0.4 is 5.73 Å². The van der Waals surface area contributed by atoms with Gasteiger partial charge in [-0.25, -0.2) is 0 Å². The van der Waals surface area contributed by atoms with Crippen molar-refractivity contribution in [3.8, 4) is 0 Å². The molecule has 4 nitrogen and oxygen atoms in total.